The summed E-state index contributed by atoms with van der Waals surface area (Å²) in [5.41, 5.74) is 1.72. The monoisotopic (exact) mass is 335 g/mol. The molecule has 1 amide bonds. The van der Waals surface area contributed by atoms with Crippen LogP contribution >= 0.6 is 0 Å². The van der Waals surface area contributed by atoms with Crippen molar-refractivity contribution in [2.24, 2.45) is 0 Å². The van der Waals surface area contributed by atoms with E-state index in [1.54, 1.807) is 44.4 Å². The molecule has 3 rings (SSSR count). The summed E-state index contributed by atoms with van der Waals surface area (Å²) in [6.45, 7) is 5.44. The largest absolute Gasteiger partial charge is 0.454 e. The van der Waals surface area contributed by atoms with Crippen LogP contribution in [0.2, 0.25) is 0 Å². The SMILES string of the molecule is Cc1cccc(NC(=O)c2cc(Oc3cnc(C)nc3)cc(C)n2)n1. The molecule has 126 valence electrons. The molecule has 3 aromatic heterocycles. The number of nitrogens with zero attached hydrogens (tertiary/aromatic N) is 4. The van der Waals surface area contributed by atoms with Crippen LogP contribution in [0.15, 0.2) is 42.7 Å². The lowest BCUT2D eigenvalue weighted by molar-refractivity contribution is 0.102. The van der Waals surface area contributed by atoms with Crippen LogP contribution in [0, 0.1) is 20.8 Å². The Morgan fingerprint density at radius 1 is 0.960 bits per heavy atom. The van der Waals surface area contributed by atoms with Gasteiger partial charge in [0, 0.05) is 23.5 Å². The predicted molar refractivity (Wildman–Crippen MR) is 92.7 cm³/mol. The van der Waals surface area contributed by atoms with Crippen molar-refractivity contribution in [3.63, 3.8) is 0 Å². The first kappa shape index (κ1) is 16.5. The van der Waals surface area contributed by atoms with Gasteiger partial charge in [0.2, 0.25) is 0 Å². The summed E-state index contributed by atoms with van der Waals surface area (Å²) >= 11 is 0. The lowest BCUT2D eigenvalue weighted by atomic mass is 10.2. The maximum Gasteiger partial charge on any atom is 0.275 e. The Bertz CT molecular complexity index is 910. The highest BCUT2D eigenvalue weighted by Gasteiger charge is 2.12. The molecule has 0 aliphatic carbocycles. The minimum Gasteiger partial charge on any atom is -0.454 e. The van der Waals surface area contributed by atoms with Crippen molar-refractivity contribution in [3.8, 4) is 11.5 Å². The predicted octanol–water partition coefficient (Wildman–Crippen LogP) is 3.24. The second-order valence-electron chi connectivity index (χ2n) is 5.52. The third kappa shape index (κ3) is 4.35. The summed E-state index contributed by atoms with van der Waals surface area (Å²) in [5.74, 6) is 1.75. The van der Waals surface area contributed by atoms with Gasteiger partial charge in [0.25, 0.3) is 5.91 Å². The van der Waals surface area contributed by atoms with Crippen molar-refractivity contribution in [2.75, 3.05) is 5.32 Å². The average molecular weight is 335 g/mol. The number of hydrogen-bond acceptors (Lipinski definition) is 6. The molecule has 0 aromatic carbocycles. The van der Waals surface area contributed by atoms with Crippen LogP contribution < -0.4 is 10.1 Å². The van der Waals surface area contributed by atoms with E-state index in [0.717, 1.165) is 5.69 Å². The number of carbonyl (C=O) groups excluding carboxylic acids is 1. The van der Waals surface area contributed by atoms with E-state index in [2.05, 4.69) is 25.3 Å². The van der Waals surface area contributed by atoms with Gasteiger partial charge in [0.05, 0.1) is 12.4 Å². The minimum atomic E-state index is -0.355. The number of carbonyl (C=O) groups is 1. The summed E-state index contributed by atoms with van der Waals surface area (Å²) in [7, 11) is 0. The fourth-order valence-electron chi connectivity index (χ4n) is 2.17. The molecule has 3 heterocycles. The molecule has 0 radical (unpaired) electrons. The van der Waals surface area contributed by atoms with Crippen molar-refractivity contribution < 1.29 is 9.53 Å². The lowest BCUT2D eigenvalue weighted by Gasteiger charge is -2.09. The molecule has 0 atom stereocenters. The van der Waals surface area contributed by atoms with Crippen molar-refractivity contribution in [1.29, 1.82) is 0 Å². The van der Waals surface area contributed by atoms with Gasteiger partial charge in [-0.15, -0.1) is 0 Å². The number of aromatic nitrogens is 4. The quantitative estimate of drug-likeness (QED) is 0.787. The standard InChI is InChI=1S/C18H17N5O2/c1-11-5-4-6-17(22-11)23-18(24)16-8-14(7-12(2)21-16)25-15-9-19-13(3)20-10-15/h4-10H,1-3H3,(H,22,23,24). The molecule has 0 saturated heterocycles. The third-order valence-electron chi connectivity index (χ3n) is 3.28. The molecule has 1 N–H and O–H groups in total. The molecule has 7 heteroatoms. The summed E-state index contributed by atoms with van der Waals surface area (Å²) in [4.78, 5) is 29.1. The maximum absolute atomic E-state index is 12.4. The number of nitrogens with one attached hydrogen (secondary N) is 1. The smallest absolute Gasteiger partial charge is 0.275 e. The number of rotatable bonds is 4. The highest BCUT2D eigenvalue weighted by atomic mass is 16.5. The number of ether oxygens (including phenoxy) is 1. The number of hydrogen-bond donors (Lipinski definition) is 1. The Balaban J connectivity index is 1.80. The van der Waals surface area contributed by atoms with Gasteiger partial charge in [0.1, 0.15) is 23.1 Å². The zero-order chi connectivity index (χ0) is 17.8. The summed E-state index contributed by atoms with van der Waals surface area (Å²) in [5, 5.41) is 2.73. The van der Waals surface area contributed by atoms with Crippen LogP contribution in [-0.4, -0.2) is 25.8 Å². The number of aryl methyl sites for hydroxylation is 3. The lowest BCUT2D eigenvalue weighted by Crippen LogP contribution is -2.15. The Morgan fingerprint density at radius 2 is 1.72 bits per heavy atom. The van der Waals surface area contributed by atoms with E-state index in [1.807, 2.05) is 19.1 Å². The van der Waals surface area contributed by atoms with E-state index in [0.29, 0.717) is 28.8 Å². The third-order valence-corrected chi connectivity index (χ3v) is 3.28. The topological polar surface area (TPSA) is 89.9 Å². The second-order valence-corrected chi connectivity index (χ2v) is 5.52. The molecule has 0 bridgehead atoms. The fraction of sp³-hybridized carbons (Fsp3) is 0.167. The normalized spacial score (nSPS) is 10.4. The van der Waals surface area contributed by atoms with E-state index in [4.69, 9.17) is 4.74 Å². The number of pyridine rings is 2. The Hall–Kier alpha value is -3.35. The molecule has 0 saturated carbocycles. The van der Waals surface area contributed by atoms with Gasteiger partial charge in [-0.1, -0.05) is 6.07 Å². The summed E-state index contributed by atoms with van der Waals surface area (Å²) in [6.07, 6.45) is 3.16. The van der Waals surface area contributed by atoms with Gasteiger partial charge in [-0.05, 0) is 32.9 Å². The highest BCUT2D eigenvalue weighted by Crippen LogP contribution is 2.22. The second kappa shape index (κ2) is 7.04. The first-order chi connectivity index (χ1) is 12.0. The zero-order valence-electron chi connectivity index (χ0n) is 14.1. The van der Waals surface area contributed by atoms with Crippen LogP contribution in [0.3, 0.4) is 0 Å². The molecule has 0 fully saturated rings. The molecule has 0 aliphatic heterocycles. The summed E-state index contributed by atoms with van der Waals surface area (Å²) < 4.78 is 5.71. The van der Waals surface area contributed by atoms with Crippen LogP contribution in [0.4, 0.5) is 5.82 Å². The molecular weight excluding hydrogens is 318 g/mol. The van der Waals surface area contributed by atoms with Crippen LogP contribution in [0.25, 0.3) is 0 Å². The van der Waals surface area contributed by atoms with Crippen molar-refractivity contribution in [2.45, 2.75) is 20.8 Å². The Labute approximate surface area is 145 Å². The molecule has 25 heavy (non-hydrogen) atoms. The Morgan fingerprint density at radius 3 is 2.44 bits per heavy atom. The van der Waals surface area contributed by atoms with Gasteiger partial charge in [-0.2, -0.15) is 0 Å². The van der Waals surface area contributed by atoms with Gasteiger partial charge in [-0.25, -0.2) is 19.9 Å². The Kier molecular flexibility index (Phi) is 4.65. The number of anilines is 1. The molecule has 3 aromatic rings. The van der Waals surface area contributed by atoms with Crippen LogP contribution in [-0.2, 0) is 0 Å². The molecule has 0 unspecified atom stereocenters. The van der Waals surface area contributed by atoms with E-state index >= 15 is 0 Å². The van der Waals surface area contributed by atoms with Gasteiger partial charge in [-0.3, -0.25) is 4.79 Å². The highest BCUT2D eigenvalue weighted by molar-refractivity contribution is 6.02. The van der Waals surface area contributed by atoms with E-state index in [1.165, 1.54) is 0 Å². The molecule has 7 nitrogen and oxygen atoms in total. The average Bonchev–Trinajstić information content (AvgIpc) is 2.56. The van der Waals surface area contributed by atoms with Gasteiger partial charge in [0.15, 0.2) is 5.75 Å². The molecule has 0 spiro atoms. The zero-order valence-corrected chi connectivity index (χ0v) is 14.1. The van der Waals surface area contributed by atoms with Crippen molar-refractivity contribution >= 4 is 11.7 Å². The van der Waals surface area contributed by atoms with Gasteiger partial charge < -0.3 is 10.1 Å². The van der Waals surface area contributed by atoms with E-state index in [-0.39, 0.29) is 11.6 Å². The van der Waals surface area contributed by atoms with Crippen molar-refractivity contribution in [1.82, 2.24) is 19.9 Å². The molecular formula is C18H17N5O2. The molecule has 0 aliphatic rings. The first-order valence-corrected chi connectivity index (χ1v) is 7.70. The minimum absolute atomic E-state index is 0.242. The maximum atomic E-state index is 12.4. The van der Waals surface area contributed by atoms with E-state index < -0.39 is 0 Å². The number of amides is 1. The fourth-order valence-corrected chi connectivity index (χ4v) is 2.17. The van der Waals surface area contributed by atoms with Crippen LogP contribution in [0.1, 0.15) is 27.7 Å². The van der Waals surface area contributed by atoms with Crippen LogP contribution in [0.5, 0.6) is 11.5 Å². The first-order valence-electron chi connectivity index (χ1n) is 7.70. The van der Waals surface area contributed by atoms with Gasteiger partial charge >= 0.3 is 0 Å². The van der Waals surface area contributed by atoms with Crippen molar-refractivity contribution in [3.05, 3.63) is 65.6 Å². The summed E-state index contributed by atoms with van der Waals surface area (Å²) in [6, 6.07) is 8.71. The van der Waals surface area contributed by atoms with E-state index in [9.17, 15) is 4.79 Å².